The first-order chi connectivity index (χ1) is 8.95. The van der Waals surface area contributed by atoms with E-state index < -0.39 is 0 Å². The van der Waals surface area contributed by atoms with Gasteiger partial charge in [-0.05, 0) is 23.1 Å². The molecule has 2 rings (SSSR count). The van der Waals surface area contributed by atoms with E-state index in [0.29, 0.717) is 18.9 Å². The molecule has 0 saturated heterocycles. The predicted molar refractivity (Wildman–Crippen MR) is 75.3 cm³/mol. The van der Waals surface area contributed by atoms with Crippen molar-refractivity contribution in [2.45, 2.75) is 32.6 Å². The molecule has 4 heteroatoms. The molecule has 0 atom stereocenters. The zero-order valence-corrected chi connectivity index (χ0v) is 11.6. The van der Waals surface area contributed by atoms with Gasteiger partial charge in [0, 0.05) is 12.5 Å². The Bertz CT molecular complexity index is 524. The standard InChI is InChI=1S/C15H20N2O2/c1-15(2,3)11-4-6-13(7-5-11)18-9-8-12-10-14(16)19-17-12/h4-7,10H,8-9,16H2,1-3H3. The van der Waals surface area contributed by atoms with Gasteiger partial charge in [-0.25, -0.2) is 0 Å². The highest BCUT2D eigenvalue weighted by Crippen LogP contribution is 2.24. The number of rotatable bonds is 4. The third kappa shape index (κ3) is 3.74. The molecule has 1 heterocycles. The van der Waals surface area contributed by atoms with Gasteiger partial charge in [0.05, 0.1) is 12.3 Å². The first-order valence-electron chi connectivity index (χ1n) is 6.39. The maximum atomic E-state index is 5.66. The molecule has 0 aliphatic carbocycles. The zero-order chi connectivity index (χ0) is 13.9. The van der Waals surface area contributed by atoms with Crippen molar-refractivity contribution in [1.29, 1.82) is 0 Å². The molecule has 2 aromatic rings. The number of nitrogens with zero attached hydrogens (tertiary/aromatic N) is 1. The van der Waals surface area contributed by atoms with Crippen LogP contribution < -0.4 is 10.5 Å². The minimum atomic E-state index is 0.163. The van der Waals surface area contributed by atoms with Crippen molar-refractivity contribution in [2.75, 3.05) is 12.3 Å². The molecular formula is C15H20N2O2. The van der Waals surface area contributed by atoms with E-state index in [9.17, 15) is 0 Å². The Labute approximate surface area is 113 Å². The lowest BCUT2D eigenvalue weighted by molar-refractivity contribution is 0.316. The van der Waals surface area contributed by atoms with Gasteiger partial charge in [-0.1, -0.05) is 38.1 Å². The number of aromatic nitrogens is 1. The Hall–Kier alpha value is -1.97. The lowest BCUT2D eigenvalue weighted by Crippen LogP contribution is -2.10. The summed E-state index contributed by atoms with van der Waals surface area (Å²) in [5, 5.41) is 3.81. The van der Waals surface area contributed by atoms with Crippen molar-refractivity contribution in [3.63, 3.8) is 0 Å². The van der Waals surface area contributed by atoms with E-state index >= 15 is 0 Å². The van der Waals surface area contributed by atoms with Crippen LogP contribution in [0.5, 0.6) is 5.75 Å². The topological polar surface area (TPSA) is 61.3 Å². The molecular weight excluding hydrogens is 240 g/mol. The normalized spacial score (nSPS) is 11.5. The Morgan fingerprint density at radius 1 is 1.21 bits per heavy atom. The van der Waals surface area contributed by atoms with Crippen molar-refractivity contribution >= 4 is 5.88 Å². The SMILES string of the molecule is CC(C)(C)c1ccc(OCCc2cc(N)on2)cc1. The smallest absolute Gasteiger partial charge is 0.222 e. The van der Waals surface area contributed by atoms with Gasteiger partial charge >= 0.3 is 0 Å². The van der Waals surface area contributed by atoms with Crippen molar-refractivity contribution in [1.82, 2.24) is 5.16 Å². The van der Waals surface area contributed by atoms with Crippen molar-refractivity contribution in [3.05, 3.63) is 41.6 Å². The van der Waals surface area contributed by atoms with Crippen LogP contribution in [-0.2, 0) is 11.8 Å². The molecule has 0 saturated carbocycles. The summed E-state index contributed by atoms with van der Waals surface area (Å²) in [5.41, 5.74) is 7.72. The zero-order valence-electron chi connectivity index (χ0n) is 11.6. The third-order valence-electron chi connectivity index (χ3n) is 2.92. The van der Waals surface area contributed by atoms with Crippen LogP contribution in [0.25, 0.3) is 0 Å². The van der Waals surface area contributed by atoms with Crippen LogP contribution in [0.15, 0.2) is 34.9 Å². The number of benzene rings is 1. The van der Waals surface area contributed by atoms with E-state index in [1.165, 1.54) is 5.56 Å². The molecule has 0 aliphatic heterocycles. The van der Waals surface area contributed by atoms with Gasteiger partial charge in [-0.2, -0.15) is 0 Å². The largest absolute Gasteiger partial charge is 0.493 e. The second-order valence-electron chi connectivity index (χ2n) is 5.59. The maximum absolute atomic E-state index is 5.66. The number of anilines is 1. The summed E-state index contributed by atoms with van der Waals surface area (Å²) in [5.74, 6) is 1.20. The van der Waals surface area contributed by atoms with E-state index in [1.54, 1.807) is 6.07 Å². The minimum absolute atomic E-state index is 0.163. The van der Waals surface area contributed by atoms with E-state index in [-0.39, 0.29) is 5.41 Å². The van der Waals surface area contributed by atoms with Crippen LogP contribution in [0.4, 0.5) is 5.88 Å². The second-order valence-corrected chi connectivity index (χ2v) is 5.59. The van der Waals surface area contributed by atoms with Crippen LogP contribution in [0.3, 0.4) is 0 Å². The summed E-state index contributed by atoms with van der Waals surface area (Å²) in [4.78, 5) is 0. The van der Waals surface area contributed by atoms with Gasteiger partial charge in [-0.3, -0.25) is 0 Å². The third-order valence-corrected chi connectivity index (χ3v) is 2.92. The molecule has 4 nitrogen and oxygen atoms in total. The van der Waals surface area contributed by atoms with E-state index in [1.807, 2.05) is 12.1 Å². The van der Waals surface area contributed by atoms with Crippen LogP contribution in [-0.4, -0.2) is 11.8 Å². The lowest BCUT2D eigenvalue weighted by atomic mass is 9.87. The highest BCUT2D eigenvalue weighted by Gasteiger charge is 2.12. The monoisotopic (exact) mass is 260 g/mol. The Kier molecular flexibility index (Phi) is 3.79. The highest BCUT2D eigenvalue weighted by molar-refractivity contribution is 5.31. The molecule has 1 aromatic heterocycles. The molecule has 19 heavy (non-hydrogen) atoms. The van der Waals surface area contributed by atoms with Gasteiger partial charge in [0.2, 0.25) is 5.88 Å². The Morgan fingerprint density at radius 3 is 2.42 bits per heavy atom. The fraction of sp³-hybridized carbons (Fsp3) is 0.400. The molecule has 0 aliphatic rings. The highest BCUT2D eigenvalue weighted by atomic mass is 16.5. The first-order valence-corrected chi connectivity index (χ1v) is 6.39. The summed E-state index contributed by atoms with van der Waals surface area (Å²) in [6, 6.07) is 9.91. The number of hydrogen-bond acceptors (Lipinski definition) is 4. The quantitative estimate of drug-likeness (QED) is 0.917. The molecule has 102 valence electrons. The number of nitrogen functional groups attached to an aromatic ring is 1. The first kappa shape index (κ1) is 13.5. The Morgan fingerprint density at radius 2 is 1.89 bits per heavy atom. The number of ether oxygens (including phenoxy) is 1. The molecule has 0 bridgehead atoms. The number of nitrogens with two attached hydrogens (primary N) is 1. The van der Waals surface area contributed by atoms with E-state index in [4.69, 9.17) is 15.0 Å². The maximum Gasteiger partial charge on any atom is 0.222 e. The van der Waals surface area contributed by atoms with Crippen molar-refractivity contribution in [2.24, 2.45) is 0 Å². The minimum Gasteiger partial charge on any atom is -0.493 e. The average Bonchev–Trinajstić information content (AvgIpc) is 2.75. The molecule has 0 fully saturated rings. The fourth-order valence-electron chi connectivity index (χ4n) is 1.77. The van der Waals surface area contributed by atoms with Gasteiger partial charge in [0.15, 0.2) is 0 Å². The van der Waals surface area contributed by atoms with Gasteiger partial charge in [0.25, 0.3) is 0 Å². The summed E-state index contributed by atoms with van der Waals surface area (Å²) in [6.45, 7) is 7.13. The van der Waals surface area contributed by atoms with Crippen molar-refractivity contribution < 1.29 is 9.26 Å². The molecule has 0 amide bonds. The Balaban J connectivity index is 1.86. The van der Waals surface area contributed by atoms with Gasteiger partial charge in [-0.15, -0.1) is 0 Å². The number of hydrogen-bond donors (Lipinski definition) is 1. The van der Waals surface area contributed by atoms with Crippen LogP contribution in [0.1, 0.15) is 32.0 Å². The van der Waals surface area contributed by atoms with E-state index in [0.717, 1.165) is 11.4 Å². The summed E-state index contributed by atoms with van der Waals surface area (Å²) in [6.07, 6.45) is 0.682. The lowest BCUT2D eigenvalue weighted by Gasteiger charge is -2.19. The molecule has 0 unspecified atom stereocenters. The van der Waals surface area contributed by atoms with Crippen molar-refractivity contribution in [3.8, 4) is 5.75 Å². The average molecular weight is 260 g/mol. The van der Waals surface area contributed by atoms with E-state index in [2.05, 4.69) is 38.1 Å². The summed E-state index contributed by atoms with van der Waals surface area (Å²) < 4.78 is 10.5. The van der Waals surface area contributed by atoms with Gasteiger partial charge in [0.1, 0.15) is 5.75 Å². The predicted octanol–water partition coefficient (Wildman–Crippen LogP) is 3.18. The van der Waals surface area contributed by atoms with Gasteiger partial charge < -0.3 is 15.0 Å². The molecule has 1 aromatic carbocycles. The molecule has 0 radical (unpaired) electrons. The molecule has 2 N–H and O–H groups in total. The van der Waals surface area contributed by atoms with Crippen LogP contribution in [0, 0.1) is 0 Å². The summed E-state index contributed by atoms with van der Waals surface area (Å²) in [7, 11) is 0. The summed E-state index contributed by atoms with van der Waals surface area (Å²) >= 11 is 0. The fourth-order valence-corrected chi connectivity index (χ4v) is 1.77. The second kappa shape index (κ2) is 5.34. The molecule has 0 spiro atoms. The van der Waals surface area contributed by atoms with Crippen LogP contribution in [0.2, 0.25) is 0 Å². The van der Waals surface area contributed by atoms with Crippen LogP contribution >= 0.6 is 0 Å².